The van der Waals surface area contributed by atoms with E-state index in [2.05, 4.69) is 20.8 Å². The summed E-state index contributed by atoms with van der Waals surface area (Å²) in [5.41, 5.74) is 0.428. The van der Waals surface area contributed by atoms with Crippen LogP contribution in [0.15, 0.2) is 11.6 Å². The maximum Gasteiger partial charge on any atom is 0.159 e. The van der Waals surface area contributed by atoms with Gasteiger partial charge in [0, 0.05) is 5.92 Å². The first-order valence-corrected chi connectivity index (χ1v) is 12.7. The Labute approximate surface area is 188 Å². The first kappa shape index (κ1) is 23.4. The molecule has 0 aromatic heterocycles. The van der Waals surface area contributed by atoms with Gasteiger partial charge in [-0.3, -0.25) is 4.79 Å². The van der Waals surface area contributed by atoms with E-state index in [0.717, 1.165) is 32.1 Å². The smallest absolute Gasteiger partial charge is 0.159 e. The number of carbonyl (C=O) groups excluding carboxylic acids is 1. The number of carbonyl (C=O) groups is 1. The highest BCUT2D eigenvalue weighted by atomic mass is 16.3. The number of rotatable bonds is 5. The summed E-state index contributed by atoms with van der Waals surface area (Å²) in [7, 11) is 0. The molecule has 0 aromatic rings. The van der Waals surface area contributed by atoms with Gasteiger partial charge in [0.1, 0.15) is 0 Å². The highest BCUT2D eigenvalue weighted by Crippen LogP contribution is 2.66. The van der Waals surface area contributed by atoms with Gasteiger partial charge < -0.3 is 15.3 Å². The van der Waals surface area contributed by atoms with E-state index in [1.165, 1.54) is 18.4 Å². The first-order chi connectivity index (χ1) is 14.4. The zero-order valence-corrected chi connectivity index (χ0v) is 20.2. The highest BCUT2D eigenvalue weighted by molar-refractivity contribution is 5.94. The molecule has 176 valence electrons. The van der Waals surface area contributed by atoms with Crippen LogP contribution in [0.4, 0.5) is 0 Å². The second-order valence-corrected chi connectivity index (χ2v) is 12.6. The summed E-state index contributed by atoms with van der Waals surface area (Å²) in [5.74, 6) is 2.40. The fourth-order valence-electron chi connectivity index (χ4n) is 8.33. The lowest BCUT2D eigenvalue weighted by atomic mass is 9.46. The fourth-order valence-corrected chi connectivity index (χ4v) is 8.33. The van der Waals surface area contributed by atoms with E-state index in [-0.39, 0.29) is 22.9 Å². The predicted octanol–water partition coefficient (Wildman–Crippen LogP) is 4.65. The Kier molecular flexibility index (Phi) is 6.02. The number of allylic oxidation sites excluding steroid dienone is 1. The normalized spacial score (nSPS) is 44.7. The number of fused-ring (bicyclic) bond motifs is 5. The van der Waals surface area contributed by atoms with E-state index in [1.54, 1.807) is 13.8 Å². The van der Waals surface area contributed by atoms with E-state index in [1.807, 2.05) is 6.08 Å². The van der Waals surface area contributed by atoms with Gasteiger partial charge in [-0.15, -0.1) is 0 Å². The quantitative estimate of drug-likeness (QED) is 0.591. The van der Waals surface area contributed by atoms with Crippen molar-refractivity contribution in [1.29, 1.82) is 0 Å². The van der Waals surface area contributed by atoms with Gasteiger partial charge >= 0.3 is 0 Å². The zero-order chi connectivity index (χ0) is 22.8. The molecule has 0 radical (unpaired) electrons. The van der Waals surface area contributed by atoms with Crippen molar-refractivity contribution in [3.63, 3.8) is 0 Å². The van der Waals surface area contributed by atoms with Crippen LogP contribution in [-0.4, -0.2) is 38.9 Å². The number of hydrogen-bond donors (Lipinski definition) is 3. The van der Waals surface area contributed by atoms with Crippen molar-refractivity contribution >= 4 is 5.78 Å². The van der Waals surface area contributed by atoms with Gasteiger partial charge in [0.25, 0.3) is 0 Å². The van der Waals surface area contributed by atoms with Crippen LogP contribution < -0.4 is 0 Å². The Balaban J connectivity index is 1.52. The molecule has 0 unspecified atom stereocenters. The summed E-state index contributed by atoms with van der Waals surface area (Å²) in [5, 5.41) is 30.6. The lowest BCUT2D eigenvalue weighted by Gasteiger charge is -2.57. The number of aliphatic hydroxyl groups excluding tert-OH is 2. The van der Waals surface area contributed by atoms with Crippen LogP contribution in [0.3, 0.4) is 0 Å². The van der Waals surface area contributed by atoms with Crippen LogP contribution in [-0.2, 0) is 4.79 Å². The van der Waals surface area contributed by atoms with Crippen LogP contribution in [0.2, 0.25) is 0 Å². The third kappa shape index (κ3) is 3.85. The lowest BCUT2D eigenvalue weighted by Crippen LogP contribution is -2.53. The molecule has 4 heteroatoms. The molecule has 0 saturated heterocycles. The van der Waals surface area contributed by atoms with Gasteiger partial charge in [-0.05, 0) is 112 Å². The second-order valence-electron chi connectivity index (χ2n) is 12.6. The van der Waals surface area contributed by atoms with E-state index in [4.69, 9.17) is 0 Å². The highest BCUT2D eigenvalue weighted by Gasteiger charge is 2.61. The molecule has 31 heavy (non-hydrogen) atoms. The summed E-state index contributed by atoms with van der Waals surface area (Å²) in [6.45, 7) is 10.5. The van der Waals surface area contributed by atoms with Crippen LogP contribution in [0.1, 0.15) is 92.4 Å². The van der Waals surface area contributed by atoms with E-state index in [0.29, 0.717) is 42.3 Å². The van der Waals surface area contributed by atoms with Gasteiger partial charge in [-0.2, -0.15) is 0 Å². The molecule has 4 rings (SSSR count). The van der Waals surface area contributed by atoms with Crippen molar-refractivity contribution < 1.29 is 20.1 Å². The number of hydrogen-bond acceptors (Lipinski definition) is 4. The van der Waals surface area contributed by atoms with Crippen LogP contribution in [0.5, 0.6) is 0 Å². The van der Waals surface area contributed by atoms with E-state index >= 15 is 0 Å². The Bertz CT molecular complexity index is 736. The van der Waals surface area contributed by atoms with Crippen molar-refractivity contribution in [1.82, 2.24) is 0 Å². The van der Waals surface area contributed by atoms with E-state index < -0.39 is 11.7 Å². The summed E-state index contributed by atoms with van der Waals surface area (Å²) in [4.78, 5) is 13.4. The third-order valence-electron chi connectivity index (χ3n) is 10.4. The Morgan fingerprint density at radius 2 is 1.81 bits per heavy atom. The standard InChI is InChI=1S/C27H44O4/c1-16(6-9-23(30)25(2,3)31)19-7-8-20-24-21(11-13-27(19,20)5)26(4)12-10-18(28)14-17(26)15-22(24)29/h15-16,18-21,23-24,28,30-31H,6-14H2,1-5H3/t16-,18+,19-,20+,21+,23+,24+,26+,27-/m1/s1. The molecule has 0 aliphatic heterocycles. The maximum atomic E-state index is 13.4. The van der Waals surface area contributed by atoms with Crippen molar-refractivity contribution in [2.75, 3.05) is 0 Å². The van der Waals surface area contributed by atoms with Crippen LogP contribution in [0.25, 0.3) is 0 Å². The molecule has 0 aromatic carbocycles. The van der Waals surface area contributed by atoms with Crippen molar-refractivity contribution in [3.8, 4) is 0 Å². The minimum Gasteiger partial charge on any atom is -0.393 e. The molecule has 0 heterocycles. The Morgan fingerprint density at radius 1 is 1.10 bits per heavy atom. The van der Waals surface area contributed by atoms with Gasteiger partial charge in [-0.1, -0.05) is 26.3 Å². The average Bonchev–Trinajstić information content (AvgIpc) is 3.03. The molecule has 0 bridgehead atoms. The van der Waals surface area contributed by atoms with Gasteiger partial charge in [-0.25, -0.2) is 0 Å². The summed E-state index contributed by atoms with van der Waals surface area (Å²) in [6.07, 6.45) is 9.64. The SMILES string of the molecule is C[C@H](CC[C@H](O)C(C)(C)O)[C@H]1CC[C@H]2[C@@H]3C(=O)C=C4C[C@@H](O)CC[C@]4(C)[C@H]3CC[C@]12C. The molecule has 4 aliphatic rings. The minimum absolute atomic E-state index is 0.0830. The fraction of sp³-hybridized carbons (Fsp3) is 0.889. The third-order valence-corrected chi connectivity index (χ3v) is 10.4. The zero-order valence-electron chi connectivity index (χ0n) is 20.2. The number of aliphatic hydroxyl groups is 3. The van der Waals surface area contributed by atoms with Crippen molar-refractivity contribution in [2.24, 2.45) is 40.4 Å². The molecule has 9 atom stereocenters. The molecule has 4 aliphatic carbocycles. The molecule has 3 saturated carbocycles. The molecular weight excluding hydrogens is 388 g/mol. The second kappa shape index (κ2) is 7.95. The summed E-state index contributed by atoms with van der Waals surface area (Å²) < 4.78 is 0. The molecule has 4 nitrogen and oxygen atoms in total. The molecule has 0 amide bonds. The van der Waals surface area contributed by atoms with E-state index in [9.17, 15) is 20.1 Å². The Hall–Kier alpha value is -0.710. The monoisotopic (exact) mass is 432 g/mol. The average molecular weight is 433 g/mol. The van der Waals surface area contributed by atoms with Gasteiger partial charge in [0.2, 0.25) is 0 Å². The topological polar surface area (TPSA) is 77.8 Å². The minimum atomic E-state index is -1.05. The largest absolute Gasteiger partial charge is 0.393 e. The van der Waals surface area contributed by atoms with Crippen molar-refractivity contribution in [3.05, 3.63) is 11.6 Å². The molecule has 3 N–H and O–H groups in total. The van der Waals surface area contributed by atoms with Gasteiger partial charge in [0.05, 0.1) is 17.8 Å². The number of ketones is 1. The van der Waals surface area contributed by atoms with Gasteiger partial charge in [0.15, 0.2) is 5.78 Å². The predicted molar refractivity (Wildman–Crippen MR) is 122 cm³/mol. The molecule has 0 spiro atoms. The summed E-state index contributed by atoms with van der Waals surface area (Å²) >= 11 is 0. The van der Waals surface area contributed by atoms with Crippen LogP contribution >= 0.6 is 0 Å². The summed E-state index contributed by atoms with van der Waals surface area (Å²) in [6, 6.07) is 0. The van der Waals surface area contributed by atoms with Crippen molar-refractivity contribution in [2.45, 2.75) is 110 Å². The lowest BCUT2D eigenvalue weighted by molar-refractivity contribution is -0.135. The van der Waals surface area contributed by atoms with Crippen LogP contribution in [0, 0.1) is 40.4 Å². The Morgan fingerprint density at radius 3 is 2.48 bits per heavy atom. The first-order valence-electron chi connectivity index (χ1n) is 12.7. The molecular formula is C27H44O4. The molecule has 3 fully saturated rings. The maximum absolute atomic E-state index is 13.4.